The number of ether oxygens (including phenoxy) is 2. The van der Waals surface area contributed by atoms with E-state index in [0.717, 1.165) is 59.1 Å². The van der Waals surface area contributed by atoms with Crippen LogP contribution in [0.2, 0.25) is 0 Å². The fourth-order valence-electron chi connectivity index (χ4n) is 3.92. The number of benzene rings is 2. The van der Waals surface area contributed by atoms with Gasteiger partial charge in [-0.05, 0) is 31.0 Å². The number of hydrogen-bond acceptors (Lipinski definition) is 6. The molecule has 8 nitrogen and oxygen atoms in total. The van der Waals surface area contributed by atoms with E-state index in [9.17, 15) is 0 Å². The molecule has 1 saturated heterocycles. The van der Waals surface area contributed by atoms with Crippen LogP contribution in [-0.4, -0.2) is 45.7 Å². The molecule has 147 valence electrons. The molecule has 0 bridgehead atoms. The third-order valence-corrected chi connectivity index (χ3v) is 5.31. The number of methoxy groups -OCH3 is 2. The molecule has 0 unspecified atom stereocenters. The van der Waals surface area contributed by atoms with E-state index in [4.69, 9.17) is 14.5 Å². The van der Waals surface area contributed by atoms with Crippen molar-refractivity contribution in [3.63, 3.8) is 0 Å². The molecule has 0 aliphatic carbocycles. The van der Waals surface area contributed by atoms with Crippen LogP contribution in [0.4, 0.5) is 5.69 Å². The Morgan fingerprint density at radius 3 is 2.72 bits per heavy atom. The van der Waals surface area contributed by atoms with Gasteiger partial charge >= 0.3 is 0 Å². The van der Waals surface area contributed by atoms with Gasteiger partial charge in [0.05, 0.1) is 49.4 Å². The molecule has 0 saturated carbocycles. The minimum Gasteiger partial charge on any atom is -0.497 e. The Morgan fingerprint density at radius 2 is 1.93 bits per heavy atom. The number of rotatable bonds is 5. The van der Waals surface area contributed by atoms with Gasteiger partial charge in [0.25, 0.3) is 0 Å². The molecule has 29 heavy (non-hydrogen) atoms. The van der Waals surface area contributed by atoms with Gasteiger partial charge in [-0.15, -0.1) is 4.80 Å². The summed E-state index contributed by atoms with van der Waals surface area (Å²) in [5.74, 6) is 2.49. The quantitative estimate of drug-likeness (QED) is 0.564. The second kappa shape index (κ2) is 7.12. The van der Waals surface area contributed by atoms with Gasteiger partial charge in [-0.2, -0.15) is 10.2 Å². The lowest BCUT2D eigenvalue weighted by molar-refractivity contribution is 0.414. The Bertz CT molecular complexity index is 1140. The number of nitrogens with one attached hydrogen (secondary N) is 1. The average molecular weight is 389 g/mol. The summed E-state index contributed by atoms with van der Waals surface area (Å²) in [5.41, 5.74) is 3.66. The molecule has 5 rings (SSSR count). The van der Waals surface area contributed by atoms with Gasteiger partial charge in [-0.3, -0.25) is 0 Å². The highest BCUT2D eigenvalue weighted by Gasteiger charge is 2.31. The zero-order valence-corrected chi connectivity index (χ0v) is 16.3. The summed E-state index contributed by atoms with van der Waals surface area (Å²) < 4.78 is 10.8. The van der Waals surface area contributed by atoms with Crippen LogP contribution in [0.3, 0.4) is 0 Å². The molecule has 4 aromatic rings. The first kappa shape index (κ1) is 17.5. The molecule has 1 aliphatic rings. The van der Waals surface area contributed by atoms with Gasteiger partial charge < -0.3 is 19.4 Å². The first-order valence-corrected chi connectivity index (χ1v) is 9.53. The van der Waals surface area contributed by atoms with E-state index in [-0.39, 0.29) is 6.04 Å². The second-order valence-corrected chi connectivity index (χ2v) is 6.95. The van der Waals surface area contributed by atoms with E-state index in [1.165, 1.54) is 0 Å². The molecule has 1 radical (unpaired) electrons. The van der Waals surface area contributed by atoms with Gasteiger partial charge in [0, 0.05) is 24.7 Å². The zero-order valence-electron chi connectivity index (χ0n) is 16.3. The van der Waals surface area contributed by atoms with Crippen LogP contribution in [0.25, 0.3) is 16.7 Å². The van der Waals surface area contributed by atoms with Gasteiger partial charge in [-0.1, -0.05) is 0 Å². The lowest BCUT2D eigenvalue weighted by Gasteiger charge is -2.27. The van der Waals surface area contributed by atoms with Crippen molar-refractivity contribution in [3.8, 4) is 17.2 Å². The van der Waals surface area contributed by atoms with Crippen LogP contribution in [0.5, 0.6) is 11.5 Å². The molecule has 8 heteroatoms. The smallest absolute Gasteiger partial charge is 0.130 e. The van der Waals surface area contributed by atoms with E-state index < -0.39 is 0 Å². The van der Waals surface area contributed by atoms with Crippen LogP contribution in [-0.2, 0) is 0 Å². The lowest BCUT2D eigenvalue weighted by Crippen LogP contribution is -2.25. The molecular weight excluding hydrogens is 368 g/mol. The van der Waals surface area contributed by atoms with Crippen molar-refractivity contribution in [3.05, 3.63) is 54.6 Å². The highest BCUT2D eigenvalue weighted by atomic mass is 16.5. The van der Waals surface area contributed by atoms with Crippen LogP contribution >= 0.6 is 0 Å². The highest BCUT2D eigenvalue weighted by Crippen LogP contribution is 2.39. The molecule has 0 spiro atoms. The molecule has 1 aliphatic heterocycles. The van der Waals surface area contributed by atoms with Crippen molar-refractivity contribution in [1.82, 2.24) is 25.0 Å². The molecule has 0 amide bonds. The van der Waals surface area contributed by atoms with Crippen molar-refractivity contribution < 1.29 is 9.47 Å². The predicted octanol–water partition coefficient (Wildman–Crippen LogP) is 3.30. The van der Waals surface area contributed by atoms with Crippen molar-refractivity contribution in [2.24, 2.45) is 0 Å². The number of H-pyrrole nitrogens is 1. The van der Waals surface area contributed by atoms with Gasteiger partial charge in [0.1, 0.15) is 23.0 Å². The normalized spacial score (nSPS) is 16.5. The van der Waals surface area contributed by atoms with Crippen molar-refractivity contribution in [1.29, 1.82) is 0 Å². The van der Waals surface area contributed by atoms with E-state index in [1.807, 2.05) is 24.3 Å². The minimum absolute atomic E-state index is 0.114. The fraction of sp³-hybridized carbons (Fsp3) is 0.286. The number of aromatic nitrogens is 5. The summed E-state index contributed by atoms with van der Waals surface area (Å²) in [6, 6.07) is 13.1. The molecule has 1 fully saturated rings. The van der Waals surface area contributed by atoms with Crippen molar-refractivity contribution >= 4 is 16.7 Å². The van der Waals surface area contributed by atoms with Gasteiger partial charge in [0.2, 0.25) is 0 Å². The number of fused-ring (bicyclic) bond motifs is 1. The molecule has 1 atom stereocenters. The Hall–Kier alpha value is -3.55. The first-order chi connectivity index (χ1) is 14.3. The number of imidazole rings is 1. The van der Waals surface area contributed by atoms with Gasteiger partial charge in [0.15, 0.2) is 0 Å². The summed E-state index contributed by atoms with van der Waals surface area (Å²) in [6.45, 7) is 0.903. The summed E-state index contributed by atoms with van der Waals surface area (Å²) in [5, 5.41) is 8.59. The number of aromatic amines is 1. The van der Waals surface area contributed by atoms with Crippen molar-refractivity contribution in [2.75, 3.05) is 25.7 Å². The summed E-state index contributed by atoms with van der Waals surface area (Å²) in [7, 11) is 3.33. The van der Waals surface area contributed by atoms with E-state index in [2.05, 4.69) is 26.1 Å². The topological polar surface area (TPSA) is 81.1 Å². The van der Waals surface area contributed by atoms with Crippen LogP contribution in [0.1, 0.15) is 24.7 Å². The van der Waals surface area contributed by atoms with Crippen LogP contribution < -0.4 is 14.4 Å². The number of anilines is 1. The second-order valence-electron chi connectivity index (χ2n) is 6.95. The summed E-state index contributed by atoms with van der Waals surface area (Å²) >= 11 is 0. The average Bonchev–Trinajstić information content (AvgIpc) is 3.52. The maximum Gasteiger partial charge on any atom is 0.130 e. The molecule has 2 aromatic heterocycles. The van der Waals surface area contributed by atoms with E-state index in [0.29, 0.717) is 0 Å². The largest absolute Gasteiger partial charge is 0.497 e. The lowest BCUT2D eigenvalue weighted by atomic mass is 10.1. The Kier molecular flexibility index (Phi) is 4.31. The predicted molar refractivity (Wildman–Crippen MR) is 109 cm³/mol. The third kappa shape index (κ3) is 3.06. The first-order valence-electron chi connectivity index (χ1n) is 9.53. The summed E-state index contributed by atoms with van der Waals surface area (Å²) in [4.78, 5) is 12.2. The molecule has 3 heterocycles. The number of hydrogen-bond donors (Lipinski definition) is 1. The molecule has 2 aromatic carbocycles. The third-order valence-electron chi connectivity index (χ3n) is 5.31. The minimum atomic E-state index is 0.114. The maximum atomic E-state index is 5.46. The van der Waals surface area contributed by atoms with Gasteiger partial charge in [-0.25, -0.2) is 4.98 Å². The Labute approximate surface area is 168 Å². The van der Waals surface area contributed by atoms with E-state index in [1.54, 1.807) is 37.5 Å². The van der Waals surface area contributed by atoms with Crippen LogP contribution in [0.15, 0.2) is 42.7 Å². The number of nitrogens with zero attached hydrogens (tertiary/aromatic N) is 5. The maximum absolute atomic E-state index is 5.46. The zero-order chi connectivity index (χ0) is 19.8. The Balaban J connectivity index is 1.58. The monoisotopic (exact) mass is 389 g/mol. The van der Waals surface area contributed by atoms with Crippen LogP contribution in [0, 0.1) is 6.07 Å². The standard InChI is InChI=1S/C21H21N6O2/c1-28-14-5-7-16-17(12-14)25-21(24-16)19-4-3-11-26(19)20-13-15(29-2)6-8-18(20)27-22-9-10-23-27/h5-7,9-10,12-13,19H,3-4,11H2,1-2H3,(H,24,25)/t19-/m0/s1. The fourth-order valence-corrected chi connectivity index (χ4v) is 3.92. The molecule has 1 N–H and O–H groups in total. The summed E-state index contributed by atoms with van der Waals surface area (Å²) in [6.07, 6.45) is 5.39. The van der Waals surface area contributed by atoms with Crippen molar-refractivity contribution in [2.45, 2.75) is 18.9 Å². The highest BCUT2D eigenvalue weighted by molar-refractivity contribution is 5.77. The molecular formula is C21H21N6O2. The SMILES string of the molecule is COc1c[c]c(-n2nccn2)c(N2CCC[C@H]2c2nc3ccc(OC)cc3[nH]2)c1. The Morgan fingerprint density at radius 1 is 1.10 bits per heavy atom. The van der Waals surface area contributed by atoms with E-state index >= 15 is 0 Å².